The number of carbonyl (C=O) groups is 1. The molecule has 1 amide bonds. The fraction of sp³-hybridized carbons (Fsp3) is 0.552. The van der Waals surface area contributed by atoms with Gasteiger partial charge in [-0.3, -0.25) is 9.69 Å². The molecule has 1 unspecified atom stereocenters. The van der Waals surface area contributed by atoms with Crippen LogP contribution in [0, 0.1) is 5.92 Å². The normalized spacial score (nSPS) is 23.2. The van der Waals surface area contributed by atoms with Gasteiger partial charge in [-0.05, 0) is 79.0 Å². The molecule has 2 aromatic rings. The number of hydrogen-bond acceptors (Lipinski definition) is 5. The van der Waals surface area contributed by atoms with Crippen LogP contribution in [0.5, 0.6) is 0 Å². The summed E-state index contributed by atoms with van der Waals surface area (Å²) in [4.78, 5) is 15.6. The Morgan fingerprint density at radius 2 is 1.74 bits per heavy atom. The van der Waals surface area contributed by atoms with Crippen LogP contribution < -0.4 is 5.32 Å². The van der Waals surface area contributed by atoms with E-state index in [1.54, 1.807) is 25.1 Å². The summed E-state index contributed by atoms with van der Waals surface area (Å²) in [5, 5.41) is 12.8. The molecule has 39 heavy (non-hydrogen) atoms. The molecule has 4 rings (SSSR count). The fourth-order valence-electron chi connectivity index (χ4n) is 5.89. The van der Waals surface area contributed by atoms with Gasteiger partial charge in [-0.25, -0.2) is 8.42 Å². The molecule has 214 valence electrons. The molecule has 1 saturated carbocycles. The number of hydrogen-bond donors (Lipinski definition) is 2. The van der Waals surface area contributed by atoms with Crippen LogP contribution in [0.3, 0.4) is 0 Å². The van der Waals surface area contributed by atoms with Gasteiger partial charge >= 0.3 is 6.18 Å². The van der Waals surface area contributed by atoms with Gasteiger partial charge in [0.05, 0.1) is 29.2 Å². The second-order valence-electron chi connectivity index (χ2n) is 10.7. The van der Waals surface area contributed by atoms with Crippen molar-refractivity contribution in [3.8, 4) is 0 Å². The highest BCUT2D eigenvalue weighted by molar-refractivity contribution is 7.91. The lowest BCUT2D eigenvalue weighted by Gasteiger charge is -2.42. The maximum Gasteiger partial charge on any atom is 0.391 e. The predicted molar refractivity (Wildman–Crippen MR) is 143 cm³/mol. The standard InChI is InChI=1S/C29H37F3N2O4S/c1-3-19-16-34(24-10-8-23(9-11-24)29(30,31)32)17-22-15-21(7-14-26(19)22)28(36)33-27(18-35)20-5-12-25(13-6-20)39(37,38)4-2/h5-7,12-15,19,23-24,27,35H,3-4,8-11,16-18H2,1-2H3,(H,33,36)/t19-,23-,24+,27?/m0/s1. The molecule has 0 bridgehead atoms. The summed E-state index contributed by atoms with van der Waals surface area (Å²) in [6.07, 6.45) is -1.88. The first-order valence-corrected chi connectivity index (χ1v) is 15.3. The molecule has 1 aliphatic heterocycles. The molecule has 0 aromatic heterocycles. The number of carbonyl (C=O) groups excluding carboxylic acids is 1. The first kappa shape index (κ1) is 29.6. The van der Waals surface area contributed by atoms with Gasteiger partial charge in [0.1, 0.15) is 0 Å². The number of nitrogens with one attached hydrogen (secondary N) is 1. The Labute approximate surface area is 228 Å². The molecule has 1 aliphatic carbocycles. The molecular weight excluding hydrogens is 529 g/mol. The van der Waals surface area contributed by atoms with E-state index in [0.29, 0.717) is 30.5 Å². The number of nitrogens with zero attached hydrogens (tertiary/aromatic N) is 1. The number of rotatable bonds is 8. The SMILES string of the molecule is CC[C@H]1CN([C@H]2CC[C@@H](C(F)(F)F)CC2)Cc2cc(C(=O)NC(CO)c3ccc(S(=O)(=O)CC)cc3)ccc21. The third kappa shape index (κ3) is 6.66. The van der Waals surface area contributed by atoms with Crippen LogP contribution in [0.4, 0.5) is 13.2 Å². The summed E-state index contributed by atoms with van der Waals surface area (Å²) in [5.74, 6) is -1.35. The first-order chi connectivity index (χ1) is 18.5. The topological polar surface area (TPSA) is 86.7 Å². The van der Waals surface area contributed by atoms with E-state index in [0.717, 1.165) is 18.5 Å². The van der Waals surface area contributed by atoms with Crippen molar-refractivity contribution < 1.29 is 31.5 Å². The number of aliphatic hydroxyl groups is 1. The molecule has 2 atom stereocenters. The summed E-state index contributed by atoms with van der Waals surface area (Å²) >= 11 is 0. The van der Waals surface area contributed by atoms with E-state index >= 15 is 0 Å². The summed E-state index contributed by atoms with van der Waals surface area (Å²) in [6, 6.07) is 11.1. The van der Waals surface area contributed by atoms with E-state index in [1.807, 2.05) is 12.1 Å². The molecule has 6 nitrogen and oxygen atoms in total. The first-order valence-electron chi connectivity index (χ1n) is 13.6. The lowest BCUT2D eigenvalue weighted by molar-refractivity contribution is -0.184. The average Bonchev–Trinajstić information content (AvgIpc) is 2.94. The molecule has 1 fully saturated rings. The molecule has 0 spiro atoms. The Hall–Kier alpha value is -2.43. The van der Waals surface area contributed by atoms with E-state index in [9.17, 15) is 31.5 Å². The number of sulfone groups is 1. The second-order valence-corrected chi connectivity index (χ2v) is 13.0. The zero-order chi connectivity index (χ0) is 28.4. The van der Waals surface area contributed by atoms with Gasteiger partial charge in [-0.1, -0.05) is 32.0 Å². The van der Waals surface area contributed by atoms with Crippen LogP contribution >= 0.6 is 0 Å². The zero-order valence-electron chi connectivity index (χ0n) is 22.4. The second kappa shape index (κ2) is 12.0. The summed E-state index contributed by atoms with van der Waals surface area (Å²) in [7, 11) is -3.36. The highest BCUT2D eigenvalue weighted by Crippen LogP contribution is 2.41. The van der Waals surface area contributed by atoms with Crippen LogP contribution in [-0.4, -0.2) is 55.5 Å². The molecular formula is C29H37F3N2O4S. The van der Waals surface area contributed by atoms with Crippen molar-refractivity contribution in [3.63, 3.8) is 0 Å². The number of amides is 1. The van der Waals surface area contributed by atoms with Crippen molar-refractivity contribution in [2.45, 2.75) is 81.6 Å². The molecule has 10 heteroatoms. The zero-order valence-corrected chi connectivity index (χ0v) is 23.2. The van der Waals surface area contributed by atoms with E-state index in [1.165, 1.54) is 17.7 Å². The Morgan fingerprint density at radius 3 is 2.31 bits per heavy atom. The van der Waals surface area contributed by atoms with Gasteiger partial charge in [0.2, 0.25) is 0 Å². The van der Waals surface area contributed by atoms with Crippen molar-refractivity contribution in [1.82, 2.24) is 10.2 Å². The van der Waals surface area contributed by atoms with Crippen molar-refractivity contribution in [2.75, 3.05) is 18.9 Å². The molecule has 2 aliphatic rings. The fourth-order valence-corrected chi connectivity index (χ4v) is 6.78. The Balaban J connectivity index is 1.47. The number of aliphatic hydroxyl groups excluding tert-OH is 1. The monoisotopic (exact) mass is 566 g/mol. The Morgan fingerprint density at radius 1 is 1.08 bits per heavy atom. The van der Waals surface area contributed by atoms with Crippen molar-refractivity contribution in [1.29, 1.82) is 0 Å². The Bertz CT molecular complexity index is 1260. The highest BCUT2D eigenvalue weighted by Gasteiger charge is 2.42. The number of fused-ring (bicyclic) bond motifs is 1. The highest BCUT2D eigenvalue weighted by atomic mass is 32.2. The maximum absolute atomic E-state index is 13.2. The van der Waals surface area contributed by atoms with Crippen LogP contribution in [0.25, 0.3) is 0 Å². The van der Waals surface area contributed by atoms with Crippen LogP contribution in [0.2, 0.25) is 0 Å². The molecule has 2 N–H and O–H groups in total. The number of benzene rings is 2. The van der Waals surface area contributed by atoms with Gasteiger partial charge in [0.15, 0.2) is 9.84 Å². The summed E-state index contributed by atoms with van der Waals surface area (Å²) in [5.41, 5.74) is 3.20. The maximum atomic E-state index is 13.2. The average molecular weight is 567 g/mol. The molecule has 0 radical (unpaired) electrons. The summed E-state index contributed by atoms with van der Waals surface area (Å²) < 4.78 is 63.6. The minimum atomic E-state index is -4.13. The number of halogens is 3. The smallest absolute Gasteiger partial charge is 0.391 e. The van der Waals surface area contributed by atoms with Crippen LogP contribution in [0.1, 0.15) is 85.0 Å². The van der Waals surface area contributed by atoms with E-state index in [-0.39, 0.29) is 48.0 Å². The molecule has 1 heterocycles. The lowest BCUT2D eigenvalue weighted by Crippen LogP contribution is -2.44. The number of alkyl halides is 3. The molecule has 2 aromatic carbocycles. The van der Waals surface area contributed by atoms with E-state index in [4.69, 9.17) is 0 Å². The largest absolute Gasteiger partial charge is 0.394 e. The third-order valence-corrected chi connectivity index (χ3v) is 10.1. The van der Waals surface area contributed by atoms with Gasteiger partial charge in [0.25, 0.3) is 5.91 Å². The van der Waals surface area contributed by atoms with Crippen LogP contribution in [-0.2, 0) is 16.4 Å². The molecule has 0 saturated heterocycles. The van der Waals surface area contributed by atoms with Gasteiger partial charge < -0.3 is 10.4 Å². The minimum absolute atomic E-state index is 0.0179. The minimum Gasteiger partial charge on any atom is -0.394 e. The van der Waals surface area contributed by atoms with E-state index < -0.39 is 28.0 Å². The Kier molecular flexibility index (Phi) is 9.08. The van der Waals surface area contributed by atoms with Crippen molar-refractivity contribution >= 4 is 15.7 Å². The van der Waals surface area contributed by atoms with Gasteiger partial charge in [0, 0.05) is 24.7 Å². The lowest BCUT2D eigenvalue weighted by atomic mass is 9.81. The quantitative estimate of drug-likeness (QED) is 0.449. The third-order valence-electron chi connectivity index (χ3n) is 8.35. The predicted octanol–water partition coefficient (Wildman–Crippen LogP) is 5.37. The van der Waals surface area contributed by atoms with Crippen LogP contribution in [0.15, 0.2) is 47.4 Å². The van der Waals surface area contributed by atoms with E-state index in [2.05, 4.69) is 17.1 Å². The van der Waals surface area contributed by atoms with Gasteiger partial charge in [-0.15, -0.1) is 0 Å². The van der Waals surface area contributed by atoms with Crippen molar-refractivity contribution in [2.24, 2.45) is 5.92 Å². The van der Waals surface area contributed by atoms with Crippen molar-refractivity contribution in [3.05, 3.63) is 64.7 Å². The van der Waals surface area contributed by atoms with Gasteiger partial charge in [-0.2, -0.15) is 13.2 Å². The summed E-state index contributed by atoms with van der Waals surface area (Å²) in [6.45, 7) is 4.70.